The number of carbonyl (C=O) groups excluding carboxylic acids is 1. The second kappa shape index (κ2) is 6.14. The van der Waals surface area contributed by atoms with E-state index in [2.05, 4.69) is 0 Å². The molecule has 0 aromatic carbocycles. The molecule has 6 heteroatoms. The predicted octanol–water partition coefficient (Wildman–Crippen LogP) is 0.518. The van der Waals surface area contributed by atoms with Crippen LogP contribution < -0.4 is 0 Å². The molecule has 0 fully saturated rings. The first-order chi connectivity index (χ1) is 5.29. The number of rotatable bonds is 2. The molecule has 0 heterocycles. The van der Waals surface area contributed by atoms with Gasteiger partial charge in [0.15, 0.2) is 0 Å². The monoisotopic (exact) mass is 178 g/mol. The van der Waals surface area contributed by atoms with Crippen LogP contribution in [0, 0.1) is 5.92 Å². The first kappa shape index (κ1) is 13.0. The summed E-state index contributed by atoms with van der Waals surface area (Å²) >= 11 is 0. The molecule has 0 radical (unpaired) electrons. The van der Waals surface area contributed by atoms with Crippen molar-refractivity contribution >= 4 is 17.9 Å². The second-order valence-corrected chi connectivity index (χ2v) is 1.95. The topological polar surface area (TPSA) is 112 Å². The van der Waals surface area contributed by atoms with E-state index in [0.717, 1.165) is 0 Å². The first-order valence-electron chi connectivity index (χ1n) is 2.94. The highest BCUT2D eigenvalue weighted by molar-refractivity contribution is 5.96. The Labute approximate surface area is 68.4 Å². The van der Waals surface area contributed by atoms with Gasteiger partial charge in [-0.25, -0.2) is 4.79 Å². The summed E-state index contributed by atoms with van der Waals surface area (Å²) in [5.74, 6) is -2.22. The van der Waals surface area contributed by atoms with Crippen LogP contribution in [0.15, 0.2) is 0 Å². The fourth-order valence-corrected chi connectivity index (χ4v) is 0.174. The third kappa shape index (κ3) is 11.2. The van der Waals surface area contributed by atoms with E-state index in [1.165, 1.54) is 13.8 Å². The normalized spacial score (nSPS) is 10.5. The lowest BCUT2D eigenvalue weighted by atomic mass is 10.1. The minimum absolute atomic E-state index is 0.308. The van der Waals surface area contributed by atoms with E-state index in [1.54, 1.807) is 0 Å². The van der Waals surface area contributed by atoms with Gasteiger partial charge in [-0.05, 0) is 13.8 Å². The fraction of sp³-hybridized carbons (Fsp3) is 0.500. The predicted molar refractivity (Wildman–Crippen MR) is 38.1 cm³/mol. The van der Waals surface area contributed by atoms with E-state index in [0.29, 0.717) is 0 Å². The van der Waals surface area contributed by atoms with Crippen LogP contribution in [0.4, 0.5) is 4.79 Å². The number of Topliss-reactive ketones (excluding diaryl/α,β-unsaturated/α-hetero) is 1. The molecule has 1 unspecified atom stereocenters. The van der Waals surface area contributed by atoms with Crippen molar-refractivity contribution in [1.82, 2.24) is 0 Å². The largest absolute Gasteiger partial charge is 0.503 e. The van der Waals surface area contributed by atoms with Crippen LogP contribution >= 0.6 is 0 Å². The van der Waals surface area contributed by atoms with E-state index >= 15 is 0 Å². The molecule has 0 saturated carbocycles. The molecule has 0 amide bonds. The molecule has 0 aliphatic carbocycles. The number of ketones is 1. The van der Waals surface area contributed by atoms with Gasteiger partial charge in [0, 0.05) is 0 Å². The molecule has 70 valence electrons. The van der Waals surface area contributed by atoms with Crippen molar-refractivity contribution in [3.05, 3.63) is 0 Å². The quantitative estimate of drug-likeness (QED) is 0.531. The number of hydrogen-bond donors (Lipinski definition) is 3. The molecule has 0 aromatic heterocycles. The maximum absolute atomic E-state index is 10.2. The summed E-state index contributed by atoms with van der Waals surface area (Å²) in [6.45, 7) is 2.63. The molecule has 0 aliphatic rings. The summed E-state index contributed by atoms with van der Waals surface area (Å²) in [5, 5.41) is 22.1. The molecule has 0 spiro atoms. The van der Waals surface area contributed by atoms with E-state index in [1.807, 2.05) is 0 Å². The van der Waals surface area contributed by atoms with E-state index in [9.17, 15) is 9.59 Å². The van der Waals surface area contributed by atoms with Gasteiger partial charge in [-0.1, -0.05) is 0 Å². The SMILES string of the molecule is CC(=O)C(C)C(=O)O.O=C(O)O. The van der Waals surface area contributed by atoms with Gasteiger partial charge in [-0.2, -0.15) is 0 Å². The maximum Gasteiger partial charge on any atom is 0.503 e. The van der Waals surface area contributed by atoms with E-state index in [4.69, 9.17) is 20.1 Å². The van der Waals surface area contributed by atoms with E-state index < -0.39 is 18.0 Å². The molecule has 0 rings (SSSR count). The fourth-order valence-electron chi connectivity index (χ4n) is 0.174. The van der Waals surface area contributed by atoms with Gasteiger partial charge in [-0.15, -0.1) is 0 Å². The number of hydrogen-bond acceptors (Lipinski definition) is 3. The lowest BCUT2D eigenvalue weighted by Gasteiger charge is -1.96. The Bertz CT molecular complexity index is 166. The Balaban J connectivity index is 0. The molecule has 0 bridgehead atoms. The van der Waals surface area contributed by atoms with Gasteiger partial charge in [0.1, 0.15) is 11.7 Å². The second-order valence-electron chi connectivity index (χ2n) is 1.95. The standard InChI is InChI=1S/C5H8O3.CH2O3/c1-3(4(2)6)5(7)8;2-1(3)4/h3H,1-2H3,(H,7,8);(H2,2,3,4). The highest BCUT2D eigenvalue weighted by Crippen LogP contribution is 1.93. The third-order valence-corrected chi connectivity index (χ3v) is 0.980. The molecule has 12 heavy (non-hydrogen) atoms. The van der Waals surface area contributed by atoms with Gasteiger partial charge in [0.2, 0.25) is 0 Å². The summed E-state index contributed by atoms with van der Waals surface area (Å²) in [5.41, 5.74) is 0. The van der Waals surface area contributed by atoms with Crippen molar-refractivity contribution in [1.29, 1.82) is 0 Å². The molecule has 3 N–H and O–H groups in total. The van der Waals surface area contributed by atoms with Crippen LogP contribution in [0.5, 0.6) is 0 Å². The average molecular weight is 178 g/mol. The molecular formula is C6H10O6. The Morgan fingerprint density at radius 2 is 1.33 bits per heavy atom. The lowest BCUT2D eigenvalue weighted by Crippen LogP contribution is -2.16. The van der Waals surface area contributed by atoms with Gasteiger partial charge in [0.05, 0.1) is 0 Å². The van der Waals surface area contributed by atoms with Crippen molar-refractivity contribution in [2.75, 3.05) is 0 Å². The molecule has 1 atom stereocenters. The minimum Gasteiger partial charge on any atom is -0.481 e. The zero-order valence-electron chi connectivity index (χ0n) is 6.64. The molecule has 0 aromatic rings. The van der Waals surface area contributed by atoms with Crippen molar-refractivity contribution in [3.63, 3.8) is 0 Å². The van der Waals surface area contributed by atoms with Gasteiger partial charge >= 0.3 is 12.1 Å². The smallest absolute Gasteiger partial charge is 0.481 e. The summed E-state index contributed by atoms with van der Waals surface area (Å²) in [6, 6.07) is 0. The van der Waals surface area contributed by atoms with Crippen LogP contribution in [0.3, 0.4) is 0 Å². The molecular weight excluding hydrogens is 168 g/mol. The Hall–Kier alpha value is -1.59. The Morgan fingerprint density at radius 3 is 1.33 bits per heavy atom. The van der Waals surface area contributed by atoms with Gasteiger partial charge in [0.25, 0.3) is 0 Å². The highest BCUT2D eigenvalue weighted by Gasteiger charge is 2.14. The third-order valence-electron chi connectivity index (χ3n) is 0.980. The van der Waals surface area contributed by atoms with E-state index in [-0.39, 0.29) is 5.78 Å². The Morgan fingerprint density at radius 1 is 1.08 bits per heavy atom. The summed E-state index contributed by atoms with van der Waals surface area (Å²) in [4.78, 5) is 28.7. The van der Waals surface area contributed by atoms with Crippen LogP contribution in [-0.4, -0.2) is 33.2 Å². The number of carbonyl (C=O) groups is 3. The minimum atomic E-state index is -1.83. The highest BCUT2D eigenvalue weighted by atomic mass is 16.6. The zero-order valence-corrected chi connectivity index (χ0v) is 6.64. The van der Waals surface area contributed by atoms with Crippen LogP contribution in [-0.2, 0) is 9.59 Å². The van der Waals surface area contributed by atoms with Crippen molar-refractivity contribution in [2.45, 2.75) is 13.8 Å². The summed E-state index contributed by atoms with van der Waals surface area (Å²) in [6.07, 6.45) is -1.83. The van der Waals surface area contributed by atoms with Crippen molar-refractivity contribution < 1.29 is 29.7 Å². The summed E-state index contributed by atoms with van der Waals surface area (Å²) < 4.78 is 0. The summed E-state index contributed by atoms with van der Waals surface area (Å²) in [7, 11) is 0. The maximum atomic E-state index is 10.2. The van der Waals surface area contributed by atoms with Gasteiger partial charge in [-0.3, -0.25) is 9.59 Å². The molecule has 0 aliphatic heterocycles. The van der Waals surface area contributed by atoms with Crippen molar-refractivity contribution in [3.8, 4) is 0 Å². The van der Waals surface area contributed by atoms with Crippen LogP contribution in [0.25, 0.3) is 0 Å². The lowest BCUT2D eigenvalue weighted by molar-refractivity contribution is -0.144. The van der Waals surface area contributed by atoms with Crippen molar-refractivity contribution in [2.24, 2.45) is 5.92 Å². The van der Waals surface area contributed by atoms with Crippen LogP contribution in [0.2, 0.25) is 0 Å². The number of carboxylic acid groups (broad SMARTS) is 3. The molecule has 6 nitrogen and oxygen atoms in total. The average Bonchev–Trinajstić information content (AvgIpc) is 1.84. The number of aliphatic carboxylic acids is 1. The zero-order chi connectivity index (χ0) is 10.3. The Kier molecular flexibility index (Phi) is 6.67. The number of carboxylic acids is 1. The molecule has 0 saturated heterocycles. The van der Waals surface area contributed by atoms with Crippen LogP contribution in [0.1, 0.15) is 13.8 Å². The van der Waals surface area contributed by atoms with Gasteiger partial charge < -0.3 is 15.3 Å². The first-order valence-corrected chi connectivity index (χ1v) is 2.94.